The van der Waals surface area contributed by atoms with Crippen molar-refractivity contribution in [3.63, 3.8) is 0 Å². The zero-order valence-electron chi connectivity index (χ0n) is 13.9. The lowest BCUT2D eigenvalue weighted by Crippen LogP contribution is -2.18. The third kappa shape index (κ3) is 4.22. The van der Waals surface area contributed by atoms with Crippen molar-refractivity contribution in [1.29, 1.82) is 0 Å². The molecule has 1 aromatic heterocycles. The van der Waals surface area contributed by atoms with Crippen LogP contribution < -0.4 is 9.54 Å². The summed E-state index contributed by atoms with van der Waals surface area (Å²) < 4.78 is 7.62. The number of methoxy groups -OCH3 is 1. The van der Waals surface area contributed by atoms with Crippen LogP contribution in [0.3, 0.4) is 0 Å². The van der Waals surface area contributed by atoms with Crippen molar-refractivity contribution in [2.75, 3.05) is 7.11 Å². The molecule has 0 saturated heterocycles. The Labute approximate surface area is 151 Å². The normalized spacial score (nSPS) is 11.8. The topological polar surface area (TPSA) is 26.5 Å². The van der Waals surface area contributed by atoms with Crippen molar-refractivity contribution in [3.05, 3.63) is 44.2 Å². The molecule has 0 aliphatic heterocycles. The highest BCUT2D eigenvalue weighted by Gasteiger charge is 2.11. The van der Waals surface area contributed by atoms with Crippen molar-refractivity contribution >= 4 is 40.1 Å². The van der Waals surface area contributed by atoms with Gasteiger partial charge in [-0.15, -0.1) is 11.3 Å². The summed E-state index contributed by atoms with van der Waals surface area (Å²) in [6.07, 6.45) is 2.27. The second-order valence-corrected chi connectivity index (χ2v) is 7.30. The van der Waals surface area contributed by atoms with Gasteiger partial charge < -0.3 is 9.30 Å². The van der Waals surface area contributed by atoms with E-state index in [4.69, 9.17) is 28.6 Å². The first-order chi connectivity index (χ1) is 11.0. The van der Waals surface area contributed by atoms with E-state index in [1.54, 1.807) is 30.6 Å². The summed E-state index contributed by atoms with van der Waals surface area (Å²) in [5, 5.41) is 0.621. The van der Waals surface area contributed by atoms with Gasteiger partial charge in [0.15, 0.2) is 4.80 Å². The lowest BCUT2D eigenvalue weighted by molar-refractivity contribution is 0.414. The minimum atomic E-state index is 0.496. The van der Waals surface area contributed by atoms with Gasteiger partial charge in [-0.2, -0.15) is 0 Å². The number of rotatable bonds is 5. The second kappa shape index (κ2) is 8.08. The Morgan fingerprint density at radius 2 is 2.13 bits per heavy atom. The molecule has 6 heteroatoms. The van der Waals surface area contributed by atoms with Gasteiger partial charge in [-0.05, 0) is 38.5 Å². The number of unbranched alkanes of at least 4 members (excludes halogenated alkanes) is 1. The summed E-state index contributed by atoms with van der Waals surface area (Å²) in [5.41, 5.74) is 2.00. The molecule has 0 N–H and O–H groups in total. The molecule has 0 aliphatic rings. The Morgan fingerprint density at radius 1 is 1.39 bits per heavy atom. The van der Waals surface area contributed by atoms with Crippen LogP contribution in [0.5, 0.6) is 5.75 Å². The Bertz CT molecular complexity index is 777. The molecule has 0 unspecified atom stereocenters. The Kier molecular flexibility index (Phi) is 6.39. The summed E-state index contributed by atoms with van der Waals surface area (Å²) in [4.78, 5) is 7.38. The molecule has 0 atom stereocenters. The second-order valence-electron chi connectivity index (χ2n) is 5.29. The molecular formula is C17H21ClN2OS2. The van der Waals surface area contributed by atoms with E-state index in [0.29, 0.717) is 15.8 Å². The lowest BCUT2D eigenvalue weighted by atomic mass is 10.2. The Morgan fingerprint density at radius 3 is 2.78 bits per heavy atom. The standard InChI is InChI=1S/C17H21ClN2OS2/c1-5-6-9-20-11(2)12(3)23-17(20)19-16(22)14-10-13(18)7-8-15(14)21-4/h7-8,10H,5-6,9H2,1-4H3/b19-17-. The zero-order chi connectivity index (χ0) is 17.0. The maximum Gasteiger partial charge on any atom is 0.191 e. The van der Waals surface area contributed by atoms with Crippen LogP contribution in [0.2, 0.25) is 5.02 Å². The number of nitrogens with zero attached hydrogens (tertiary/aromatic N) is 2. The van der Waals surface area contributed by atoms with Gasteiger partial charge in [0.25, 0.3) is 0 Å². The monoisotopic (exact) mass is 368 g/mol. The van der Waals surface area contributed by atoms with Gasteiger partial charge >= 0.3 is 0 Å². The van der Waals surface area contributed by atoms with Crippen molar-refractivity contribution < 1.29 is 4.74 Å². The zero-order valence-corrected chi connectivity index (χ0v) is 16.2. The summed E-state index contributed by atoms with van der Waals surface area (Å²) in [5.74, 6) is 0.688. The van der Waals surface area contributed by atoms with E-state index >= 15 is 0 Å². The van der Waals surface area contributed by atoms with Crippen LogP contribution in [0.1, 0.15) is 35.9 Å². The predicted molar refractivity (Wildman–Crippen MR) is 102 cm³/mol. The average molecular weight is 369 g/mol. The summed E-state index contributed by atoms with van der Waals surface area (Å²) in [7, 11) is 1.62. The van der Waals surface area contributed by atoms with Gasteiger partial charge in [0.05, 0.1) is 12.7 Å². The molecule has 2 aromatic rings. The number of aryl methyl sites for hydroxylation is 1. The van der Waals surface area contributed by atoms with Gasteiger partial charge in [0, 0.05) is 22.1 Å². The fraction of sp³-hybridized carbons (Fsp3) is 0.412. The Hall–Kier alpha value is -1.17. The van der Waals surface area contributed by atoms with Crippen LogP contribution in [0.25, 0.3) is 0 Å². The SMILES string of the molecule is CCCCn1c(C)c(C)s/c1=N\C(=S)c1cc(Cl)ccc1OC. The minimum absolute atomic E-state index is 0.496. The molecule has 3 nitrogen and oxygen atoms in total. The highest BCUT2D eigenvalue weighted by atomic mass is 35.5. The maximum atomic E-state index is 6.09. The van der Waals surface area contributed by atoms with Crippen LogP contribution in [0, 0.1) is 13.8 Å². The summed E-state index contributed by atoms with van der Waals surface area (Å²) >= 11 is 13.3. The number of benzene rings is 1. The summed E-state index contributed by atoms with van der Waals surface area (Å²) in [6.45, 7) is 7.39. The van der Waals surface area contributed by atoms with Crippen LogP contribution in [0.4, 0.5) is 0 Å². The molecule has 0 spiro atoms. The molecule has 1 aromatic carbocycles. The fourth-order valence-electron chi connectivity index (χ4n) is 2.26. The van der Waals surface area contributed by atoms with Crippen LogP contribution in [-0.2, 0) is 6.54 Å². The van der Waals surface area contributed by atoms with E-state index in [9.17, 15) is 0 Å². The largest absolute Gasteiger partial charge is 0.496 e. The molecule has 0 saturated carbocycles. The smallest absolute Gasteiger partial charge is 0.191 e. The number of ether oxygens (including phenoxy) is 1. The van der Waals surface area contributed by atoms with Crippen LogP contribution >= 0.6 is 35.2 Å². The average Bonchev–Trinajstić information content (AvgIpc) is 2.79. The van der Waals surface area contributed by atoms with Gasteiger partial charge in [0.1, 0.15) is 10.7 Å². The van der Waals surface area contributed by atoms with Crippen LogP contribution in [-0.4, -0.2) is 16.7 Å². The number of halogens is 1. The van der Waals surface area contributed by atoms with E-state index < -0.39 is 0 Å². The van der Waals surface area contributed by atoms with Gasteiger partial charge in [-0.3, -0.25) is 0 Å². The minimum Gasteiger partial charge on any atom is -0.496 e. The molecular weight excluding hydrogens is 348 g/mol. The number of hydrogen-bond donors (Lipinski definition) is 0. The molecule has 0 radical (unpaired) electrons. The number of thiazole rings is 1. The molecule has 0 aliphatic carbocycles. The fourth-order valence-corrected chi connectivity index (χ4v) is 3.74. The quantitative estimate of drug-likeness (QED) is 0.701. The molecule has 124 valence electrons. The highest BCUT2D eigenvalue weighted by Crippen LogP contribution is 2.24. The first kappa shape index (κ1) is 18.2. The molecule has 0 bridgehead atoms. The molecule has 0 fully saturated rings. The molecule has 1 heterocycles. The number of hydrogen-bond acceptors (Lipinski definition) is 3. The van der Waals surface area contributed by atoms with E-state index in [1.165, 1.54) is 10.6 Å². The first-order valence-corrected chi connectivity index (χ1v) is 9.17. The van der Waals surface area contributed by atoms with Crippen LogP contribution in [0.15, 0.2) is 23.2 Å². The third-order valence-corrected chi connectivity index (χ3v) is 5.36. The van der Waals surface area contributed by atoms with E-state index in [-0.39, 0.29) is 0 Å². The molecule has 23 heavy (non-hydrogen) atoms. The van der Waals surface area contributed by atoms with Gasteiger partial charge in [0.2, 0.25) is 0 Å². The number of thiocarbonyl (C=S) groups is 1. The van der Waals surface area contributed by atoms with Crippen molar-refractivity contribution in [3.8, 4) is 5.75 Å². The lowest BCUT2D eigenvalue weighted by Gasteiger charge is -2.08. The van der Waals surface area contributed by atoms with Crippen molar-refractivity contribution in [2.45, 2.75) is 40.2 Å². The highest BCUT2D eigenvalue weighted by molar-refractivity contribution is 7.80. The van der Waals surface area contributed by atoms with Crippen molar-refractivity contribution in [2.24, 2.45) is 4.99 Å². The predicted octanol–water partition coefficient (Wildman–Crippen LogP) is 4.90. The summed E-state index contributed by atoms with van der Waals surface area (Å²) in [6, 6.07) is 5.40. The van der Waals surface area contributed by atoms with E-state index in [0.717, 1.165) is 29.8 Å². The number of aromatic nitrogens is 1. The van der Waals surface area contributed by atoms with Gasteiger partial charge in [-0.1, -0.05) is 37.2 Å². The van der Waals surface area contributed by atoms with E-state index in [1.807, 2.05) is 6.07 Å². The third-order valence-electron chi connectivity index (χ3n) is 3.71. The Balaban J connectivity index is 2.48. The molecule has 0 amide bonds. The van der Waals surface area contributed by atoms with E-state index in [2.05, 4.69) is 30.3 Å². The molecule has 2 rings (SSSR count). The van der Waals surface area contributed by atoms with Crippen molar-refractivity contribution in [1.82, 2.24) is 4.57 Å². The first-order valence-electron chi connectivity index (χ1n) is 7.57. The van der Waals surface area contributed by atoms with Gasteiger partial charge in [-0.25, -0.2) is 4.99 Å². The maximum absolute atomic E-state index is 6.09.